The largest absolute Gasteiger partial charge is 0.497 e. The number of methoxy groups -OCH3 is 1. The number of thiophene rings is 1. The molecule has 0 radical (unpaired) electrons. The Morgan fingerprint density at radius 2 is 1.68 bits per heavy atom. The molecule has 0 saturated carbocycles. The van der Waals surface area contributed by atoms with Crippen LogP contribution in [0.5, 0.6) is 5.75 Å². The maximum atomic E-state index is 12.4. The number of carbonyl (C=O) groups excluding carboxylic acids is 1. The summed E-state index contributed by atoms with van der Waals surface area (Å²) in [6, 6.07) is 11.3. The zero-order valence-electron chi connectivity index (χ0n) is 11.7. The summed E-state index contributed by atoms with van der Waals surface area (Å²) in [5.74, 6) is 0.864. The topological polar surface area (TPSA) is 26.3 Å². The van der Waals surface area contributed by atoms with Gasteiger partial charge in [0.2, 0.25) is 5.78 Å². The summed E-state index contributed by atoms with van der Waals surface area (Å²) < 4.78 is 6.47. The molecule has 0 atom stereocenters. The molecule has 100 valence electrons. The standard InChI is InChI=1S/C15H18O2SSi/c1-17-12-7-5-11(6-8-12)15(16)13-9-10-14(18-13)19(2,3)4/h5-10H,1-4H3. The van der Waals surface area contributed by atoms with Gasteiger partial charge in [-0.1, -0.05) is 25.7 Å². The van der Waals surface area contributed by atoms with Gasteiger partial charge in [-0.05, 0) is 34.8 Å². The van der Waals surface area contributed by atoms with Crippen LogP contribution in [0.4, 0.5) is 0 Å². The van der Waals surface area contributed by atoms with E-state index in [1.807, 2.05) is 30.3 Å². The van der Waals surface area contributed by atoms with Crippen molar-refractivity contribution in [3.8, 4) is 5.75 Å². The number of rotatable bonds is 4. The minimum Gasteiger partial charge on any atom is -0.497 e. The highest BCUT2D eigenvalue weighted by atomic mass is 32.1. The SMILES string of the molecule is COc1ccc(C(=O)c2ccc([Si](C)(C)C)s2)cc1. The highest BCUT2D eigenvalue weighted by Crippen LogP contribution is 2.19. The van der Waals surface area contributed by atoms with Crippen molar-refractivity contribution >= 4 is 29.7 Å². The van der Waals surface area contributed by atoms with Gasteiger partial charge >= 0.3 is 0 Å². The van der Waals surface area contributed by atoms with Gasteiger partial charge in [-0.25, -0.2) is 0 Å². The molecule has 0 N–H and O–H groups in total. The highest BCUT2D eigenvalue weighted by Gasteiger charge is 2.21. The van der Waals surface area contributed by atoms with Crippen LogP contribution in [0.2, 0.25) is 19.6 Å². The smallest absolute Gasteiger partial charge is 0.202 e. The van der Waals surface area contributed by atoms with Crippen LogP contribution in [0, 0.1) is 0 Å². The third-order valence-electron chi connectivity index (χ3n) is 2.92. The van der Waals surface area contributed by atoms with Crippen molar-refractivity contribution in [3.05, 3.63) is 46.8 Å². The van der Waals surface area contributed by atoms with Gasteiger partial charge in [-0.15, -0.1) is 11.3 Å². The van der Waals surface area contributed by atoms with E-state index < -0.39 is 8.07 Å². The molecule has 0 fully saturated rings. The van der Waals surface area contributed by atoms with E-state index in [0.29, 0.717) is 5.56 Å². The summed E-state index contributed by atoms with van der Waals surface area (Å²) in [6.07, 6.45) is 0. The fourth-order valence-corrected chi connectivity index (χ4v) is 4.61. The van der Waals surface area contributed by atoms with Gasteiger partial charge in [0.25, 0.3) is 0 Å². The fraction of sp³-hybridized carbons (Fsp3) is 0.267. The van der Waals surface area contributed by atoms with E-state index in [-0.39, 0.29) is 5.78 Å². The first-order valence-electron chi connectivity index (χ1n) is 6.21. The van der Waals surface area contributed by atoms with Crippen molar-refractivity contribution in [1.82, 2.24) is 0 Å². The number of benzene rings is 1. The first-order chi connectivity index (χ1) is 8.91. The molecule has 19 heavy (non-hydrogen) atoms. The second-order valence-electron chi connectivity index (χ2n) is 5.47. The molecule has 0 aliphatic carbocycles. The van der Waals surface area contributed by atoms with Crippen LogP contribution in [0.25, 0.3) is 0 Å². The maximum Gasteiger partial charge on any atom is 0.202 e. The Kier molecular flexibility index (Phi) is 3.92. The Morgan fingerprint density at radius 1 is 1.05 bits per heavy atom. The number of ketones is 1. The van der Waals surface area contributed by atoms with Gasteiger partial charge in [0, 0.05) is 5.56 Å². The van der Waals surface area contributed by atoms with Crippen molar-refractivity contribution in [3.63, 3.8) is 0 Å². The number of hydrogen-bond acceptors (Lipinski definition) is 3. The molecule has 0 aliphatic rings. The predicted octanol–water partition coefficient (Wildman–Crippen LogP) is 3.53. The Balaban J connectivity index is 2.26. The minimum absolute atomic E-state index is 0.0946. The van der Waals surface area contributed by atoms with Gasteiger partial charge in [-0.2, -0.15) is 0 Å². The van der Waals surface area contributed by atoms with Crippen molar-refractivity contribution < 1.29 is 9.53 Å². The van der Waals surface area contributed by atoms with Crippen LogP contribution in [-0.4, -0.2) is 21.0 Å². The molecule has 0 unspecified atom stereocenters. The second kappa shape index (κ2) is 5.31. The summed E-state index contributed by atoms with van der Waals surface area (Å²) in [5.41, 5.74) is 0.713. The molecule has 0 aliphatic heterocycles. The van der Waals surface area contributed by atoms with Crippen LogP contribution in [0.15, 0.2) is 36.4 Å². The summed E-state index contributed by atoms with van der Waals surface area (Å²) in [4.78, 5) is 13.2. The van der Waals surface area contributed by atoms with Gasteiger partial charge < -0.3 is 4.74 Å². The monoisotopic (exact) mass is 290 g/mol. The number of ether oxygens (including phenoxy) is 1. The van der Waals surface area contributed by atoms with Crippen molar-refractivity contribution in [2.75, 3.05) is 7.11 Å². The summed E-state index contributed by atoms with van der Waals surface area (Å²) in [5, 5.41) is 0. The molecule has 0 spiro atoms. The molecular formula is C15H18O2SSi. The van der Waals surface area contributed by atoms with Crippen LogP contribution < -0.4 is 9.24 Å². The van der Waals surface area contributed by atoms with Crippen LogP contribution in [-0.2, 0) is 0 Å². The van der Waals surface area contributed by atoms with Gasteiger partial charge in [0.15, 0.2) is 0 Å². The van der Waals surface area contributed by atoms with Gasteiger partial charge in [0.05, 0.1) is 20.1 Å². The van der Waals surface area contributed by atoms with Crippen LogP contribution >= 0.6 is 11.3 Å². The molecule has 1 aromatic carbocycles. The van der Waals surface area contributed by atoms with Crippen LogP contribution in [0.1, 0.15) is 15.2 Å². The van der Waals surface area contributed by atoms with Crippen molar-refractivity contribution in [2.45, 2.75) is 19.6 Å². The lowest BCUT2D eigenvalue weighted by Crippen LogP contribution is -2.34. The molecule has 0 amide bonds. The molecule has 4 heteroatoms. The van der Waals surface area contributed by atoms with Crippen LogP contribution in [0.3, 0.4) is 0 Å². The molecule has 1 heterocycles. The zero-order chi connectivity index (χ0) is 14.0. The number of hydrogen-bond donors (Lipinski definition) is 0. The van der Waals surface area contributed by atoms with E-state index in [9.17, 15) is 4.79 Å². The minimum atomic E-state index is -1.33. The first-order valence-corrected chi connectivity index (χ1v) is 10.5. The quantitative estimate of drug-likeness (QED) is 0.636. The maximum absolute atomic E-state index is 12.4. The number of carbonyl (C=O) groups is 1. The predicted molar refractivity (Wildman–Crippen MR) is 83.7 cm³/mol. The van der Waals surface area contributed by atoms with Gasteiger partial charge in [-0.3, -0.25) is 4.79 Å². The molecule has 2 rings (SSSR count). The van der Waals surface area contributed by atoms with E-state index in [2.05, 4.69) is 25.7 Å². The van der Waals surface area contributed by atoms with E-state index >= 15 is 0 Å². The Bertz CT molecular complexity index is 579. The molecule has 0 saturated heterocycles. The van der Waals surface area contributed by atoms with Gasteiger partial charge in [0.1, 0.15) is 5.75 Å². The fourth-order valence-electron chi connectivity index (χ4n) is 1.75. The van der Waals surface area contributed by atoms with E-state index in [1.165, 1.54) is 4.50 Å². The lowest BCUT2D eigenvalue weighted by Gasteiger charge is -2.12. The average molecular weight is 290 g/mol. The molecule has 0 bridgehead atoms. The van der Waals surface area contributed by atoms with E-state index in [1.54, 1.807) is 18.4 Å². The highest BCUT2D eigenvalue weighted by molar-refractivity contribution is 7.27. The Morgan fingerprint density at radius 3 is 2.16 bits per heavy atom. The lowest BCUT2D eigenvalue weighted by molar-refractivity contribution is 0.104. The Hall–Kier alpha value is -1.39. The molecule has 1 aromatic heterocycles. The lowest BCUT2D eigenvalue weighted by atomic mass is 10.1. The Labute approximate surface area is 119 Å². The van der Waals surface area contributed by atoms with E-state index in [4.69, 9.17) is 4.74 Å². The third kappa shape index (κ3) is 3.14. The molecule has 2 nitrogen and oxygen atoms in total. The zero-order valence-corrected chi connectivity index (χ0v) is 13.5. The average Bonchev–Trinajstić information content (AvgIpc) is 2.87. The summed E-state index contributed by atoms with van der Waals surface area (Å²) >= 11 is 1.63. The summed E-state index contributed by atoms with van der Waals surface area (Å²) in [6.45, 7) is 6.88. The third-order valence-corrected chi connectivity index (χ3v) is 7.61. The van der Waals surface area contributed by atoms with E-state index in [0.717, 1.165) is 10.6 Å². The second-order valence-corrected chi connectivity index (χ2v) is 12.0. The normalized spacial score (nSPS) is 11.4. The first kappa shape index (κ1) is 14.0. The van der Waals surface area contributed by atoms with Crippen molar-refractivity contribution in [1.29, 1.82) is 0 Å². The summed E-state index contributed by atoms with van der Waals surface area (Å²) in [7, 11) is 0.294. The molecular weight excluding hydrogens is 272 g/mol. The van der Waals surface area contributed by atoms with Crippen molar-refractivity contribution in [2.24, 2.45) is 0 Å². The molecule has 2 aromatic rings.